The largest absolute Gasteiger partial charge is 0.495 e. The fourth-order valence-corrected chi connectivity index (χ4v) is 4.01. The number of rotatable bonds is 11. The molecule has 0 saturated carbocycles. The van der Waals surface area contributed by atoms with E-state index in [4.69, 9.17) is 9.47 Å². The van der Waals surface area contributed by atoms with E-state index in [1.165, 1.54) is 42.6 Å². The molecule has 0 aliphatic rings. The Hall–Kier alpha value is -2.85. The molecule has 0 fully saturated rings. The molecule has 1 heterocycles. The molecule has 9 nitrogen and oxygen atoms in total. The minimum Gasteiger partial charge on any atom is -0.495 e. The van der Waals surface area contributed by atoms with E-state index in [0.717, 1.165) is 13.0 Å². The Morgan fingerprint density at radius 1 is 1.12 bits per heavy atom. The number of hydrogen-bond donors (Lipinski definition) is 1. The molecule has 1 amide bonds. The van der Waals surface area contributed by atoms with Crippen LogP contribution in [0, 0.1) is 0 Å². The first-order chi connectivity index (χ1) is 15.0. The van der Waals surface area contributed by atoms with Crippen LogP contribution in [0.2, 0.25) is 0 Å². The molecule has 0 atom stereocenters. The Balaban J connectivity index is 2.39. The number of hydrogen-bond acceptors (Lipinski definition) is 7. The molecule has 2 aromatic rings. The first-order valence-corrected chi connectivity index (χ1v) is 11.7. The standard InChI is InChI=1S/C22H32N4O5S/c1-16(2)26(5)22(27)20-13-18(31-11-7-10-25(3)4)8-9-21(20)32(28,29)24-17-12-19(30-6)15-23-14-17/h8-9,12-16,24H,7,10-11H2,1-6H3. The number of benzene rings is 1. The molecule has 0 bridgehead atoms. The van der Waals surface area contributed by atoms with E-state index >= 15 is 0 Å². The van der Waals surface area contributed by atoms with Gasteiger partial charge in [-0.25, -0.2) is 8.42 Å². The maximum atomic E-state index is 13.2. The summed E-state index contributed by atoms with van der Waals surface area (Å²) in [5, 5.41) is 0. The number of nitrogens with zero attached hydrogens (tertiary/aromatic N) is 3. The van der Waals surface area contributed by atoms with Crippen molar-refractivity contribution >= 4 is 21.6 Å². The highest BCUT2D eigenvalue weighted by Gasteiger charge is 2.26. The van der Waals surface area contributed by atoms with E-state index in [-0.39, 0.29) is 22.2 Å². The highest BCUT2D eigenvalue weighted by atomic mass is 32.2. The van der Waals surface area contributed by atoms with Gasteiger partial charge in [0.05, 0.1) is 37.4 Å². The molecule has 176 valence electrons. The van der Waals surface area contributed by atoms with Crippen molar-refractivity contribution in [2.75, 3.05) is 46.1 Å². The van der Waals surface area contributed by atoms with Gasteiger partial charge in [-0.1, -0.05) is 0 Å². The van der Waals surface area contributed by atoms with Gasteiger partial charge >= 0.3 is 0 Å². The van der Waals surface area contributed by atoms with E-state index in [1.807, 2.05) is 32.8 Å². The SMILES string of the molecule is COc1cncc(NS(=O)(=O)c2ccc(OCCCN(C)C)cc2C(=O)N(C)C(C)C)c1. The summed E-state index contributed by atoms with van der Waals surface area (Å²) in [4.78, 5) is 20.5. The predicted molar refractivity (Wildman–Crippen MR) is 124 cm³/mol. The van der Waals surface area contributed by atoms with Crippen LogP contribution in [0.1, 0.15) is 30.6 Å². The number of nitrogens with one attached hydrogen (secondary N) is 1. The average molecular weight is 465 g/mol. The lowest BCUT2D eigenvalue weighted by Crippen LogP contribution is -2.34. The molecular formula is C22H32N4O5S. The van der Waals surface area contributed by atoms with E-state index in [1.54, 1.807) is 13.1 Å². The lowest BCUT2D eigenvalue weighted by Gasteiger charge is -2.23. The highest BCUT2D eigenvalue weighted by molar-refractivity contribution is 7.92. The molecule has 0 unspecified atom stereocenters. The number of ether oxygens (including phenoxy) is 2. The number of anilines is 1. The van der Waals surface area contributed by atoms with Crippen LogP contribution < -0.4 is 14.2 Å². The van der Waals surface area contributed by atoms with Crippen molar-refractivity contribution in [2.24, 2.45) is 0 Å². The van der Waals surface area contributed by atoms with Crippen LogP contribution in [-0.2, 0) is 10.0 Å². The van der Waals surface area contributed by atoms with E-state index < -0.39 is 15.9 Å². The van der Waals surface area contributed by atoms with Gasteiger partial charge in [0.15, 0.2) is 0 Å². The normalized spacial score (nSPS) is 11.5. The van der Waals surface area contributed by atoms with Gasteiger partial charge in [-0.3, -0.25) is 14.5 Å². The molecule has 0 aliphatic carbocycles. The van der Waals surface area contributed by atoms with Crippen molar-refractivity contribution in [3.63, 3.8) is 0 Å². The molecule has 10 heteroatoms. The van der Waals surface area contributed by atoms with Crippen molar-refractivity contribution in [3.8, 4) is 11.5 Å². The second-order valence-electron chi connectivity index (χ2n) is 7.89. The monoisotopic (exact) mass is 464 g/mol. The summed E-state index contributed by atoms with van der Waals surface area (Å²) in [6.45, 7) is 5.01. The summed E-state index contributed by atoms with van der Waals surface area (Å²) < 4.78 is 39.7. The zero-order valence-electron chi connectivity index (χ0n) is 19.5. The zero-order chi connectivity index (χ0) is 23.9. The Labute approximate surface area is 190 Å². The minimum absolute atomic E-state index is 0.0367. The van der Waals surface area contributed by atoms with Gasteiger partial charge in [0, 0.05) is 25.7 Å². The molecule has 0 saturated heterocycles. The van der Waals surface area contributed by atoms with Gasteiger partial charge in [0.25, 0.3) is 15.9 Å². The van der Waals surface area contributed by atoms with Crippen LogP contribution in [0.15, 0.2) is 41.6 Å². The first kappa shape index (κ1) is 25.4. The molecule has 1 aromatic heterocycles. The van der Waals surface area contributed by atoms with Crippen molar-refractivity contribution in [2.45, 2.75) is 31.2 Å². The third-order valence-corrected chi connectivity index (χ3v) is 6.22. The smallest absolute Gasteiger partial charge is 0.262 e. The fraction of sp³-hybridized carbons (Fsp3) is 0.455. The molecule has 0 aliphatic heterocycles. The molecule has 0 radical (unpaired) electrons. The Morgan fingerprint density at radius 3 is 2.47 bits per heavy atom. The van der Waals surface area contributed by atoms with Crippen molar-refractivity contribution in [1.29, 1.82) is 0 Å². The first-order valence-electron chi connectivity index (χ1n) is 10.3. The number of pyridine rings is 1. The van der Waals surface area contributed by atoms with Crippen LogP contribution in [0.3, 0.4) is 0 Å². The van der Waals surface area contributed by atoms with Crippen LogP contribution >= 0.6 is 0 Å². The average Bonchev–Trinajstić information content (AvgIpc) is 2.75. The van der Waals surface area contributed by atoms with Crippen LogP contribution in [0.25, 0.3) is 0 Å². The van der Waals surface area contributed by atoms with Gasteiger partial charge in [-0.15, -0.1) is 0 Å². The lowest BCUT2D eigenvalue weighted by atomic mass is 10.1. The van der Waals surface area contributed by atoms with Crippen LogP contribution in [0.4, 0.5) is 5.69 Å². The van der Waals surface area contributed by atoms with Gasteiger partial charge in [-0.05, 0) is 52.6 Å². The second kappa shape index (κ2) is 11.1. The lowest BCUT2D eigenvalue weighted by molar-refractivity contribution is 0.0750. The third-order valence-electron chi connectivity index (χ3n) is 4.79. The van der Waals surface area contributed by atoms with Crippen molar-refractivity contribution < 1.29 is 22.7 Å². The van der Waals surface area contributed by atoms with Gasteiger partial charge < -0.3 is 19.3 Å². The number of carbonyl (C=O) groups is 1. The van der Waals surface area contributed by atoms with Gasteiger partial charge in [0.1, 0.15) is 16.4 Å². The Morgan fingerprint density at radius 2 is 1.84 bits per heavy atom. The van der Waals surface area contributed by atoms with E-state index in [2.05, 4.69) is 9.71 Å². The number of sulfonamides is 1. The number of aromatic nitrogens is 1. The van der Waals surface area contributed by atoms with Crippen LogP contribution in [-0.4, -0.2) is 76.6 Å². The number of amides is 1. The molecular weight excluding hydrogens is 432 g/mol. The van der Waals surface area contributed by atoms with Crippen molar-refractivity contribution in [1.82, 2.24) is 14.8 Å². The predicted octanol–water partition coefficient (Wildman–Crippen LogP) is 2.70. The second-order valence-corrected chi connectivity index (χ2v) is 9.54. The third kappa shape index (κ3) is 6.83. The molecule has 32 heavy (non-hydrogen) atoms. The summed E-state index contributed by atoms with van der Waals surface area (Å²) in [5.74, 6) is 0.427. The highest BCUT2D eigenvalue weighted by Crippen LogP contribution is 2.26. The van der Waals surface area contributed by atoms with Crippen LogP contribution in [0.5, 0.6) is 11.5 Å². The van der Waals surface area contributed by atoms with Gasteiger partial charge in [-0.2, -0.15) is 0 Å². The summed E-state index contributed by atoms with van der Waals surface area (Å²) in [6, 6.07) is 5.82. The summed E-state index contributed by atoms with van der Waals surface area (Å²) in [7, 11) is 2.96. The summed E-state index contributed by atoms with van der Waals surface area (Å²) in [5.41, 5.74) is 0.263. The summed E-state index contributed by atoms with van der Waals surface area (Å²) in [6.07, 6.45) is 3.63. The zero-order valence-corrected chi connectivity index (χ0v) is 20.3. The Kier molecular flexibility index (Phi) is 8.85. The quantitative estimate of drug-likeness (QED) is 0.510. The minimum atomic E-state index is -4.08. The van der Waals surface area contributed by atoms with E-state index in [9.17, 15) is 13.2 Å². The van der Waals surface area contributed by atoms with E-state index in [0.29, 0.717) is 18.1 Å². The molecule has 0 spiro atoms. The van der Waals surface area contributed by atoms with Crippen molar-refractivity contribution in [3.05, 3.63) is 42.2 Å². The summed E-state index contributed by atoms with van der Waals surface area (Å²) >= 11 is 0. The molecule has 2 rings (SSSR count). The molecule has 1 N–H and O–H groups in total. The fourth-order valence-electron chi connectivity index (χ4n) is 2.79. The molecule has 1 aromatic carbocycles. The maximum Gasteiger partial charge on any atom is 0.262 e. The van der Waals surface area contributed by atoms with Gasteiger partial charge in [0.2, 0.25) is 0 Å². The number of methoxy groups -OCH3 is 1. The topological polar surface area (TPSA) is 101 Å². The number of carbonyl (C=O) groups excluding carboxylic acids is 1. The Bertz CT molecular complexity index is 1020. The maximum absolute atomic E-state index is 13.2.